The van der Waals surface area contributed by atoms with E-state index in [4.69, 9.17) is 10.5 Å². The molecule has 3 N–H and O–H groups in total. The molecular weight excluding hydrogens is 284 g/mol. The average molecular weight is 312 g/mol. The molecule has 7 nitrogen and oxygen atoms in total. The number of nitrogens with one attached hydrogen (secondary N) is 1. The molecule has 1 atom stereocenters. The number of carbonyl (C=O) groups excluding carboxylic acids is 2. The van der Waals surface area contributed by atoms with Gasteiger partial charge >= 0.3 is 6.09 Å². The number of nitrogens with two attached hydrogens (primary N) is 1. The van der Waals surface area contributed by atoms with Gasteiger partial charge in [-0.05, 0) is 33.6 Å². The number of hydrogen-bond donors (Lipinski definition) is 2. The highest BCUT2D eigenvalue weighted by molar-refractivity contribution is 5.86. The average Bonchev–Trinajstić information content (AvgIpc) is 2.46. The molecule has 0 aliphatic carbocycles. The van der Waals surface area contributed by atoms with Gasteiger partial charge in [0.1, 0.15) is 11.1 Å². The number of rotatable bonds is 2. The van der Waals surface area contributed by atoms with Gasteiger partial charge in [-0.3, -0.25) is 9.69 Å². The minimum Gasteiger partial charge on any atom is -0.444 e. The van der Waals surface area contributed by atoms with Crippen molar-refractivity contribution in [3.8, 4) is 0 Å². The zero-order chi connectivity index (χ0) is 16.4. The summed E-state index contributed by atoms with van der Waals surface area (Å²) >= 11 is 0. The molecule has 2 amide bonds. The minimum atomic E-state index is -0.767. The largest absolute Gasteiger partial charge is 0.444 e. The van der Waals surface area contributed by atoms with Crippen LogP contribution in [0.3, 0.4) is 0 Å². The summed E-state index contributed by atoms with van der Waals surface area (Å²) in [4.78, 5) is 28.3. The van der Waals surface area contributed by atoms with Crippen LogP contribution in [-0.2, 0) is 9.53 Å². The van der Waals surface area contributed by atoms with Gasteiger partial charge in [0, 0.05) is 32.7 Å². The number of amides is 2. The van der Waals surface area contributed by atoms with Gasteiger partial charge in [0.2, 0.25) is 5.91 Å². The maximum absolute atomic E-state index is 12.3. The van der Waals surface area contributed by atoms with Gasteiger partial charge in [-0.2, -0.15) is 0 Å². The second-order valence-electron chi connectivity index (χ2n) is 7.14. The monoisotopic (exact) mass is 312 g/mol. The number of piperazine rings is 1. The van der Waals surface area contributed by atoms with Crippen molar-refractivity contribution in [2.45, 2.75) is 44.8 Å². The Labute approximate surface area is 132 Å². The molecule has 0 saturated carbocycles. The molecule has 0 radical (unpaired) electrons. The van der Waals surface area contributed by atoms with E-state index in [9.17, 15) is 9.59 Å². The Kier molecular flexibility index (Phi) is 4.97. The number of carbonyl (C=O) groups is 2. The summed E-state index contributed by atoms with van der Waals surface area (Å²) in [7, 11) is 0. The Morgan fingerprint density at radius 2 is 1.82 bits per heavy atom. The van der Waals surface area contributed by atoms with Crippen molar-refractivity contribution in [3.05, 3.63) is 0 Å². The van der Waals surface area contributed by atoms with Crippen LogP contribution in [0.2, 0.25) is 0 Å². The molecule has 0 aromatic carbocycles. The van der Waals surface area contributed by atoms with Crippen molar-refractivity contribution < 1.29 is 14.3 Å². The molecular formula is C15H28N4O3. The highest BCUT2D eigenvalue weighted by atomic mass is 16.6. The first-order chi connectivity index (χ1) is 10.2. The van der Waals surface area contributed by atoms with Crippen molar-refractivity contribution in [2.75, 3.05) is 39.3 Å². The number of nitrogens with zero attached hydrogens (tertiary/aromatic N) is 2. The third-order valence-electron chi connectivity index (χ3n) is 4.30. The van der Waals surface area contributed by atoms with E-state index in [1.165, 1.54) is 0 Å². The Hall–Kier alpha value is -1.34. The van der Waals surface area contributed by atoms with Gasteiger partial charge in [0.25, 0.3) is 0 Å². The zero-order valence-electron chi connectivity index (χ0n) is 13.9. The Bertz CT molecular complexity index is 429. The van der Waals surface area contributed by atoms with E-state index in [0.717, 1.165) is 32.6 Å². The van der Waals surface area contributed by atoms with Gasteiger partial charge in [-0.1, -0.05) is 0 Å². The fraction of sp³-hybridized carbons (Fsp3) is 0.867. The van der Waals surface area contributed by atoms with Crippen molar-refractivity contribution >= 4 is 12.0 Å². The number of hydrogen-bond acceptors (Lipinski definition) is 5. The SMILES string of the molecule is CC(C)(C)OC(=O)N1CCCC(C(N)=O)(N2CCNCC2)C1. The number of ether oxygens (including phenoxy) is 1. The summed E-state index contributed by atoms with van der Waals surface area (Å²) in [6.07, 6.45) is 1.08. The number of primary amides is 1. The molecule has 0 aromatic heterocycles. The normalized spacial score (nSPS) is 27.5. The highest BCUT2D eigenvalue weighted by Gasteiger charge is 2.47. The fourth-order valence-electron chi connectivity index (χ4n) is 3.23. The molecule has 0 spiro atoms. The van der Waals surface area contributed by atoms with E-state index >= 15 is 0 Å². The van der Waals surface area contributed by atoms with E-state index in [-0.39, 0.29) is 12.0 Å². The lowest BCUT2D eigenvalue weighted by atomic mass is 9.86. The molecule has 22 heavy (non-hydrogen) atoms. The smallest absolute Gasteiger partial charge is 0.410 e. The van der Waals surface area contributed by atoms with E-state index in [1.807, 2.05) is 20.8 Å². The summed E-state index contributed by atoms with van der Waals surface area (Å²) in [6.45, 7) is 9.65. The van der Waals surface area contributed by atoms with Gasteiger partial charge in [0.05, 0.1) is 6.54 Å². The second kappa shape index (κ2) is 6.42. The Balaban J connectivity index is 2.14. The maximum Gasteiger partial charge on any atom is 0.410 e. The van der Waals surface area contributed by atoms with Gasteiger partial charge in [0.15, 0.2) is 0 Å². The summed E-state index contributed by atoms with van der Waals surface area (Å²) in [5, 5.41) is 3.28. The predicted molar refractivity (Wildman–Crippen MR) is 83.4 cm³/mol. The van der Waals surface area contributed by atoms with Crippen LogP contribution in [0.25, 0.3) is 0 Å². The van der Waals surface area contributed by atoms with Crippen LogP contribution in [0, 0.1) is 0 Å². The zero-order valence-corrected chi connectivity index (χ0v) is 13.9. The standard InChI is InChI=1S/C15H28N4O3/c1-14(2,3)22-13(21)18-8-4-5-15(11-18,12(16)20)19-9-6-17-7-10-19/h17H,4-11H2,1-3H3,(H2,16,20). The molecule has 0 bridgehead atoms. The maximum atomic E-state index is 12.3. The molecule has 2 fully saturated rings. The first kappa shape index (κ1) is 17.0. The number of piperidine rings is 1. The summed E-state index contributed by atoms with van der Waals surface area (Å²) in [5.74, 6) is -0.345. The van der Waals surface area contributed by atoms with Crippen LogP contribution in [-0.4, -0.2) is 72.2 Å². The Morgan fingerprint density at radius 3 is 2.36 bits per heavy atom. The lowest BCUT2D eigenvalue weighted by Crippen LogP contribution is -2.68. The summed E-state index contributed by atoms with van der Waals surface area (Å²) in [6, 6.07) is 0. The molecule has 2 heterocycles. The van der Waals surface area contributed by atoms with E-state index in [2.05, 4.69) is 10.2 Å². The van der Waals surface area contributed by atoms with E-state index in [0.29, 0.717) is 19.5 Å². The third-order valence-corrected chi connectivity index (χ3v) is 4.30. The molecule has 2 aliphatic heterocycles. The number of likely N-dealkylation sites (tertiary alicyclic amines) is 1. The first-order valence-electron chi connectivity index (χ1n) is 7.98. The molecule has 2 saturated heterocycles. The van der Waals surface area contributed by atoms with Crippen molar-refractivity contribution in [1.82, 2.24) is 15.1 Å². The van der Waals surface area contributed by atoms with Crippen LogP contribution in [0.4, 0.5) is 4.79 Å². The van der Waals surface area contributed by atoms with Gasteiger partial charge < -0.3 is 20.7 Å². The van der Waals surface area contributed by atoms with E-state index < -0.39 is 11.1 Å². The molecule has 126 valence electrons. The highest BCUT2D eigenvalue weighted by Crippen LogP contribution is 2.29. The molecule has 2 rings (SSSR count). The summed E-state index contributed by atoms with van der Waals surface area (Å²) in [5.41, 5.74) is 4.43. The molecule has 7 heteroatoms. The van der Waals surface area contributed by atoms with Gasteiger partial charge in [-0.25, -0.2) is 4.79 Å². The Morgan fingerprint density at radius 1 is 1.18 bits per heavy atom. The third kappa shape index (κ3) is 3.70. The van der Waals surface area contributed by atoms with Crippen LogP contribution in [0.1, 0.15) is 33.6 Å². The van der Waals surface area contributed by atoms with Crippen molar-refractivity contribution in [3.63, 3.8) is 0 Å². The van der Waals surface area contributed by atoms with Crippen LogP contribution < -0.4 is 11.1 Å². The predicted octanol–water partition coefficient (Wildman–Crippen LogP) is 0.147. The van der Waals surface area contributed by atoms with Crippen LogP contribution in [0.15, 0.2) is 0 Å². The topological polar surface area (TPSA) is 87.9 Å². The minimum absolute atomic E-state index is 0.317. The lowest BCUT2D eigenvalue weighted by Gasteiger charge is -2.48. The van der Waals surface area contributed by atoms with E-state index in [1.54, 1.807) is 4.90 Å². The van der Waals surface area contributed by atoms with Crippen LogP contribution >= 0.6 is 0 Å². The molecule has 1 unspecified atom stereocenters. The van der Waals surface area contributed by atoms with Crippen molar-refractivity contribution in [1.29, 1.82) is 0 Å². The van der Waals surface area contributed by atoms with Gasteiger partial charge in [-0.15, -0.1) is 0 Å². The van der Waals surface area contributed by atoms with Crippen molar-refractivity contribution in [2.24, 2.45) is 5.73 Å². The first-order valence-corrected chi connectivity index (χ1v) is 7.98. The lowest BCUT2D eigenvalue weighted by molar-refractivity contribution is -0.134. The fourth-order valence-corrected chi connectivity index (χ4v) is 3.23. The quantitative estimate of drug-likeness (QED) is 0.757. The molecule has 0 aromatic rings. The second-order valence-corrected chi connectivity index (χ2v) is 7.14. The summed E-state index contributed by atoms with van der Waals surface area (Å²) < 4.78 is 5.44. The van der Waals surface area contributed by atoms with Crippen LogP contribution in [0.5, 0.6) is 0 Å². The molecule has 2 aliphatic rings.